The van der Waals surface area contributed by atoms with Crippen molar-refractivity contribution in [3.05, 3.63) is 83.9 Å². The predicted molar refractivity (Wildman–Crippen MR) is 158 cm³/mol. The number of carbonyl (C=O) groups is 2. The second-order valence-corrected chi connectivity index (χ2v) is 12.3. The topological polar surface area (TPSA) is 128 Å². The van der Waals surface area contributed by atoms with Crippen LogP contribution in [0.5, 0.6) is 5.75 Å². The molecule has 0 fully saturated rings. The standard InChI is InChI=1S/C30H33F3N4O6S/c1-19-16-37(20(2)18-38)28(39)24-10-7-11-25(35-44(41,42)23-8-5-4-6-9-23)27(24)43-26(19)17-36(3)29(40)34-22-14-12-21(13-15-22)30(31,32)33/h4-15,19-20,26,35,38H,16-18H2,1-3H3,(H,34,40)/t19-,20+,26+/m1/s1. The molecule has 0 spiro atoms. The normalized spacial score (nSPS) is 17.9. The number of hydrogen-bond acceptors (Lipinski definition) is 6. The number of para-hydroxylation sites is 1. The zero-order valence-corrected chi connectivity index (χ0v) is 25.0. The van der Waals surface area contributed by atoms with Gasteiger partial charge in [-0.1, -0.05) is 31.2 Å². The van der Waals surface area contributed by atoms with E-state index in [0.29, 0.717) is 0 Å². The summed E-state index contributed by atoms with van der Waals surface area (Å²) in [5.41, 5.74) is -0.633. The van der Waals surface area contributed by atoms with Crippen LogP contribution in [0.1, 0.15) is 29.8 Å². The lowest BCUT2D eigenvalue weighted by molar-refractivity contribution is -0.137. The van der Waals surface area contributed by atoms with Crippen molar-refractivity contribution in [2.24, 2.45) is 5.92 Å². The summed E-state index contributed by atoms with van der Waals surface area (Å²) in [5.74, 6) is -0.928. The molecule has 14 heteroatoms. The number of amides is 3. The number of aliphatic hydroxyl groups is 1. The van der Waals surface area contributed by atoms with Gasteiger partial charge in [0.15, 0.2) is 5.75 Å². The van der Waals surface area contributed by atoms with E-state index in [1.165, 1.54) is 47.2 Å². The number of nitrogens with one attached hydrogen (secondary N) is 2. The Labute approximate surface area is 253 Å². The van der Waals surface area contributed by atoms with Crippen molar-refractivity contribution in [1.29, 1.82) is 0 Å². The van der Waals surface area contributed by atoms with Crippen molar-refractivity contribution in [2.75, 3.05) is 36.8 Å². The monoisotopic (exact) mass is 634 g/mol. The van der Waals surface area contributed by atoms with Gasteiger partial charge in [0.2, 0.25) is 0 Å². The number of rotatable bonds is 8. The molecule has 1 heterocycles. The Morgan fingerprint density at radius 2 is 1.75 bits per heavy atom. The molecule has 3 amide bonds. The summed E-state index contributed by atoms with van der Waals surface area (Å²) in [6.07, 6.45) is -5.29. The molecule has 3 aromatic rings. The van der Waals surface area contributed by atoms with Crippen molar-refractivity contribution in [3.8, 4) is 5.75 Å². The zero-order valence-electron chi connectivity index (χ0n) is 24.2. The minimum absolute atomic E-state index is 0.00473. The molecule has 0 aliphatic carbocycles. The van der Waals surface area contributed by atoms with Gasteiger partial charge < -0.3 is 25.0 Å². The zero-order chi connectivity index (χ0) is 32.2. The highest BCUT2D eigenvalue weighted by Crippen LogP contribution is 2.36. The summed E-state index contributed by atoms with van der Waals surface area (Å²) in [7, 11) is -2.60. The Kier molecular flexibility index (Phi) is 9.74. The molecular formula is C30H33F3N4O6S. The highest BCUT2D eigenvalue weighted by atomic mass is 32.2. The van der Waals surface area contributed by atoms with Crippen molar-refractivity contribution in [1.82, 2.24) is 9.80 Å². The Morgan fingerprint density at radius 1 is 1.09 bits per heavy atom. The third-order valence-corrected chi connectivity index (χ3v) is 8.63. The van der Waals surface area contributed by atoms with Gasteiger partial charge in [-0.15, -0.1) is 0 Å². The first-order chi connectivity index (χ1) is 20.7. The van der Waals surface area contributed by atoms with Crippen molar-refractivity contribution in [2.45, 2.75) is 37.1 Å². The minimum atomic E-state index is -4.52. The molecule has 44 heavy (non-hydrogen) atoms. The third-order valence-electron chi connectivity index (χ3n) is 7.25. The van der Waals surface area contributed by atoms with Crippen molar-refractivity contribution < 1.29 is 41.0 Å². The lowest BCUT2D eigenvalue weighted by Gasteiger charge is -2.38. The van der Waals surface area contributed by atoms with Crippen LogP contribution in [-0.4, -0.2) is 74.2 Å². The average molecular weight is 635 g/mol. The molecule has 0 bridgehead atoms. The average Bonchev–Trinajstić information content (AvgIpc) is 2.98. The van der Waals surface area contributed by atoms with Gasteiger partial charge in [0.25, 0.3) is 15.9 Å². The van der Waals surface area contributed by atoms with Gasteiger partial charge in [0.1, 0.15) is 6.10 Å². The summed E-state index contributed by atoms with van der Waals surface area (Å²) in [6.45, 7) is 3.25. The molecule has 1 aliphatic rings. The van der Waals surface area contributed by atoms with E-state index in [4.69, 9.17) is 4.74 Å². The smallest absolute Gasteiger partial charge is 0.416 e. The molecule has 1 aliphatic heterocycles. The van der Waals surface area contributed by atoms with E-state index in [1.54, 1.807) is 32.0 Å². The van der Waals surface area contributed by atoms with Crippen LogP contribution in [0.15, 0.2) is 77.7 Å². The summed E-state index contributed by atoms with van der Waals surface area (Å²) >= 11 is 0. The van der Waals surface area contributed by atoms with E-state index in [-0.39, 0.29) is 47.3 Å². The van der Waals surface area contributed by atoms with Gasteiger partial charge in [-0.25, -0.2) is 13.2 Å². The molecule has 3 aromatic carbocycles. The Balaban J connectivity index is 1.64. The minimum Gasteiger partial charge on any atom is -0.485 e. The maximum atomic E-state index is 13.7. The number of ether oxygens (including phenoxy) is 1. The summed E-state index contributed by atoms with van der Waals surface area (Å²) in [6, 6.07) is 14.9. The van der Waals surface area contributed by atoms with Crippen LogP contribution < -0.4 is 14.8 Å². The molecule has 0 radical (unpaired) electrons. The number of fused-ring (bicyclic) bond motifs is 1. The van der Waals surface area contributed by atoms with Crippen LogP contribution >= 0.6 is 0 Å². The number of aliphatic hydroxyl groups excluding tert-OH is 1. The number of urea groups is 1. The quantitative estimate of drug-likeness (QED) is 0.324. The number of likely N-dealkylation sites (N-methyl/N-ethyl adjacent to an activating group) is 1. The maximum Gasteiger partial charge on any atom is 0.416 e. The predicted octanol–water partition coefficient (Wildman–Crippen LogP) is 4.89. The second kappa shape index (κ2) is 13.1. The number of hydrogen-bond donors (Lipinski definition) is 3. The van der Waals surface area contributed by atoms with Crippen LogP contribution in [0, 0.1) is 5.92 Å². The Bertz CT molecular complexity index is 1590. The largest absolute Gasteiger partial charge is 0.485 e. The van der Waals surface area contributed by atoms with Gasteiger partial charge in [-0.05, 0) is 55.5 Å². The molecule has 10 nitrogen and oxygen atoms in total. The highest BCUT2D eigenvalue weighted by Gasteiger charge is 2.36. The number of sulfonamides is 1. The van der Waals surface area contributed by atoms with Gasteiger partial charge in [-0.3, -0.25) is 9.52 Å². The fourth-order valence-electron chi connectivity index (χ4n) is 4.66. The maximum absolute atomic E-state index is 13.7. The highest BCUT2D eigenvalue weighted by molar-refractivity contribution is 7.92. The van der Waals surface area contributed by atoms with E-state index >= 15 is 0 Å². The number of anilines is 2. The number of nitrogens with zero attached hydrogens (tertiary/aromatic N) is 2. The van der Waals surface area contributed by atoms with Gasteiger partial charge in [0.05, 0.1) is 40.9 Å². The lowest BCUT2D eigenvalue weighted by Crippen LogP contribution is -2.50. The molecule has 3 atom stereocenters. The van der Waals surface area contributed by atoms with Crippen LogP contribution in [0.3, 0.4) is 0 Å². The van der Waals surface area contributed by atoms with E-state index in [0.717, 1.165) is 24.3 Å². The fourth-order valence-corrected chi connectivity index (χ4v) is 5.74. The fraction of sp³-hybridized carbons (Fsp3) is 0.333. The Hall–Kier alpha value is -4.30. The first-order valence-electron chi connectivity index (χ1n) is 13.7. The van der Waals surface area contributed by atoms with Crippen LogP contribution in [-0.2, 0) is 16.2 Å². The number of benzene rings is 3. The third kappa shape index (κ3) is 7.42. The van der Waals surface area contributed by atoms with E-state index in [1.807, 2.05) is 0 Å². The van der Waals surface area contributed by atoms with Crippen LogP contribution in [0.2, 0.25) is 0 Å². The molecule has 236 valence electrons. The van der Waals surface area contributed by atoms with Gasteiger partial charge >= 0.3 is 12.2 Å². The molecule has 0 aromatic heterocycles. The van der Waals surface area contributed by atoms with Crippen LogP contribution in [0.25, 0.3) is 0 Å². The molecule has 0 saturated heterocycles. The number of carbonyl (C=O) groups excluding carboxylic acids is 2. The van der Waals surface area contributed by atoms with Crippen molar-refractivity contribution >= 4 is 33.3 Å². The lowest BCUT2D eigenvalue weighted by atomic mass is 9.99. The van der Waals surface area contributed by atoms with Crippen LogP contribution in [0.4, 0.5) is 29.3 Å². The number of halogens is 3. The Morgan fingerprint density at radius 3 is 2.36 bits per heavy atom. The van der Waals surface area contributed by atoms with Crippen molar-refractivity contribution in [3.63, 3.8) is 0 Å². The summed E-state index contributed by atoms with van der Waals surface area (Å²) < 4.78 is 74.0. The molecule has 3 N–H and O–H groups in total. The van der Waals surface area contributed by atoms with Gasteiger partial charge in [0, 0.05) is 25.2 Å². The molecule has 0 saturated carbocycles. The molecule has 0 unspecified atom stereocenters. The number of alkyl halides is 3. The van der Waals surface area contributed by atoms with Gasteiger partial charge in [-0.2, -0.15) is 13.2 Å². The first kappa shape index (κ1) is 32.6. The molecular weight excluding hydrogens is 601 g/mol. The summed E-state index contributed by atoms with van der Waals surface area (Å²) in [4.78, 5) is 29.4. The van der Waals surface area contributed by atoms with E-state index in [9.17, 15) is 36.3 Å². The first-order valence-corrected chi connectivity index (χ1v) is 15.2. The SMILES string of the molecule is C[C@@H]1CN([C@@H](C)CO)C(=O)c2cccc(NS(=O)(=O)c3ccccc3)c2O[C@H]1CN(C)C(=O)Nc1ccc(C(F)(F)F)cc1. The second-order valence-electron chi connectivity index (χ2n) is 10.6. The molecule has 4 rings (SSSR count). The van der Waals surface area contributed by atoms with E-state index < -0.39 is 51.8 Å². The van der Waals surface area contributed by atoms with E-state index in [2.05, 4.69) is 10.0 Å². The summed E-state index contributed by atoms with van der Waals surface area (Å²) in [5, 5.41) is 12.4.